The molecule has 7 heteroatoms. The van der Waals surface area contributed by atoms with Crippen molar-refractivity contribution in [2.75, 3.05) is 44.7 Å². The summed E-state index contributed by atoms with van der Waals surface area (Å²) in [6.07, 6.45) is 6.40. The van der Waals surface area contributed by atoms with E-state index in [1.54, 1.807) is 0 Å². The van der Waals surface area contributed by atoms with Gasteiger partial charge in [-0.3, -0.25) is 9.69 Å². The molecule has 0 radical (unpaired) electrons. The van der Waals surface area contributed by atoms with Crippen LogP contribution in [0, 0.1) is 0 Å². The monoisotopic (exact) mass is 415 g/mol. The second kappa shape index (κ2) is 11.3. The molecule has 2 fully saturated rings. The van der Waals surface area contributed by atoms with Gasteiger partial charge in [-0.05, 0) is 37.5 Å². The largest absolute Gasteiger partial charge is 0.379 e. The van der Waals surface area contributed by atoms with E-state index in [1.807, 2.05) is 24.3 Å². The molecule has 1 aliphatic heterocycles. The summed E-state index contributed by atoms with van der Waals surface area (Å²) in [6, 6.07) is 7.86. The smallest absolute Gasteiger partial charge is 0.221 e. The number of amides is 1. The number of carbonyl (C=O) groups excluding carboxylic acids is 1. The Morgan fingerprint density at radius 3 is 2.63 bits per heavy atom. The van der Waals surface area contributed by atoms with Crippen LogP contribution in [-0.4, -0.2) is 61.7 Å². The topological polar surface area (TPSA) is 78.0 Å². The maximum absolute atomic E-state index is 11.3. The SMILES string of the molecule is CCNC(=NCc1cccc(NC(C)=O)c1)NCC1(N2CCOCC2)CCCCC1. The number of carbonyl (C=O) groups is 1. The van der Waals surface area contributed by atoms with Crippen LogP contribution in [0.15, 0.2) is 29.3 Å². The summed E-state index contributed by atoms with van der Waals surface area (Å²) in [5.74, 6) is 0.784. The van der Waals surface area contributed by atoms with Gasteiger partial charge in [0.2, 0.25) is 5.91 Å². The van der Waals surface area contributed by atoms with Gasteiger partial charge in [-0.1, -0.05) is 31.4 Å². The Labute approximate surface area is 180 Å². The molecule has 0 bridgehead atoms. The van der Waals surface area contributed by atoms with E-state index in [9.17, 15) is 4.79 Å². The Hall–Kier alpha value is -2.12. The lowest BCUT2D eigenvalue weighted by Crippen LogP contribution is -2.60. The van der Waals surface area contributed by atoms with Gasteiger partial charge in [0.15, 0.2) is 5.96 Å². The molecule has 0 unspecified atom stereocenters. The molecule has 1 aromatic carbocycles. The van der Waals surface area contributed by atoms with E-state index in [0.29, 0.717) is 6.54 Å². The maximum atomic E-state index is 11.3. The van der Waals surface area contributed by atoms with Crippen LogP contribution in [0.5, 0.6) is 0 Å². The number of nitrogens with one attached hydrogen (secondary N) is 3. The van der Waals surface area contributed by atoms with Gasteiger partial charge >= 0.3 is 0 Å². The molecule has 1 saturated carbocycles. The van der Waals surface area contributed by atoms with Crippen LogP contribution in [0.4, 0.5) is 5.69 Å². The highest BCUT2D eigenvalue weighted by atomic mass is 16.5. The summed E-state index contributed by atoms with van der Waals surface area (Å²) < 4.78 is 5.60. The van der Waals surface area contributed by atoms with Crippen molar-refractivity contribution in [3.63, 3.8) is 0 Å². The summed E-state index contributed by atoms with van der Waals surface area (Å²) in [6.45, 7) is 9.61. The number of rotatable bonds is 7. The summed E-state index contributed by atoms with van der Waals surface area (Å²) >= 11 is 0. The second-order valence-corrected chi connectivity index (χ2v) is 8.31. The van der Waals surface area contributed by atoms with E-state index < -0.39 is 0 Å². The average Bonchev–Trinajstić information content (AvgIpc) is 2.77. The highest BCUT2D eigenvalue weighted by Crippen LogP contribution is 2.33. The zero-order valence-electron chi connectivity index (χ0n) is 18.5. The van der Waals surface area contributed by atoms with Crippen molar-refractivity contribution in [1.29, 1.82) is 0 Å². The Morgan fingerprint density at radius 1 is 1.17 bits per heavy atom. The van der Waals surface area contributed by atoms with Gasteiger partial charge < -0.3 is 20.7 Å². The molecular formula is C23H37N5O2. The normalized spacial score (nSPS) is 19.9. The molecule has 1 amide bonds. The molecule has 3 N–H and O–H groups in total. The number of benzene rings is 1. The standard InChI is InChI=1S/C23H37N5O2/c1-3-24-22(25-17-20-8-7-9-21(16-20)27-19(2)29)26-18-23(10-5-4-6-11-23)28-12-14-30-15-13-28/h7-9,16H,3-6,10-15,17-18H2,1-2H3,(H,27,29)(H2,24,25,26). The van der Waals surface area contributed by atoms with Crippen molar-refractivity contribution in [2.24, 2.45) is 4.99 Å². The molecule has 1 heterocycles. The fourth-order valence-electron chi connectivity index (χ4n) is 4.56. The van der Waals surface area contributed by atoms with Gasteiger partial charge in [-0.25, -0.2) is 4.99 Å². The number of aliphatic imine (C=N–C) groups is 1. The summed E-state index contributed by atoms with van der Waals surface area (Å²) in [4.78, 5) is 18.7. The third-order valence-electron chi connectivity index (χ3n) is 6.06. The van der Waals surface area contributed by atoms with Gasteiger partial charge in [-0.2, -0.15) is 0 Å². The molecule has 7 nitrogen and oxygen atoms in total. The molecule has 0 spiro atoms. The van der Waals surface area contributed by atoms with E-state index in [0.717, 1.165) is 56.6 Å². The van der Waals surface area contributed by atoms with Crippen LogP contribution in [0.1, 0.15) is 51.5 Å². The highest BCUT2D eigenvalue weighted by molar-refractivity contribution is 5.88. The maximum Gasteiger partial charge on any atom is 0.221 e. The first kappa shape index (κ1) is 22.6. The number of anilines is 1. The lowest BCUT2D eigenvalue weighted by molar-refractivity contribution is -0.114. The van der Waals surface area contributed by atoms with Gasteiger partial charge in [0.05, 0.1) is 19.8 Å². The molecule has 1 aliphatic carbocycles. The van der Waals surface area contributed by atoms with Crippen LogP contribution in [0.25, 0.3) is 0 Å². The van der Waals surface area contributed by atoms with Crippen molar-refractivity contribution in [3.05, 3.63) is 29.8 Å². The second-order valence-electron chi connectivity index (χ2n) is 8.31. The minimum Gasteiger partial charge on any atom is -0.379 e. The zero-order chi connectivity index (χ0) is 21.2. The highest BCUT2D eigenvalue weighted by Gasteiger charge is 2.38. The molecule has 3 rings (SSSR count). The lowest BCUT2D eigenvalue weighted by atomic mass is 9.80. The van der Waals surface area contributed by atoms with Gasteiger partial charge in [-0.15, -0.1) is 0 Å². The van der Waals surface area contributed by atoms with E-state index in [1.165, 1.54) is 39.0 Å². The first-order valence-electron chi connectivity index (χ1n) is 11.3. The zero-order valence-corrected chi connectivity index (χ0v) is 18.5. The molecule has 1 saturated heterocycles. The van der Waals surface area contributed by atoms with Crippen LogP contribution in [0.2, 0.25) is 0 Å². The van der Waals surface area contributed by atoms with Gasteiger partial charge in [0.1, 0.15) is 0 Å². The number of morpholine rings is 1. The van der Waals surface area contributed by atoms with Crippen LogP contribution >= 0.6 is 0 Å². The van der Waals surface area contributed by atoms with E-state index in [4.69, 9.17) is 9.73 Å². The molecule has 1 aromatic rings. The fourth-order valence-corrected chi connectivity index (χ4v) is 4.56. The van der Waals surface area contributed by atoms with E-state index >= 15 is 0 Å². The Bertz CT molecular complexity index is 709. The Balaban J connectivity index is 1.65. The fraction of sp³-hybridized carbons (Fsp3) is 0.652. The molecule has 0 atom stereocenters. The van der Waals surface area contributed by atoms with Crippen molar-refractivity contribution in [3.8, 4) is 0 Å². The molecular weight excluding hydrogens is 378 g/mol. The first-order chi connectivity index (χ1) is 14.6. The van der Waals surface area contributed by atoms with Crippen molar-refractivity contribution >= 4 is 17.6 Å². The predicted octanol–water partition coefficient (Wildman–Crippen LogP) is 2.74. The Morgan fingerprint density at radius 2 is 1.93 bits per heavy atom. The third-order valence-corrected chi connectivity index (χ3v) is 6.06. The van der Waals surface area contributed by atoms with Crippen molar-refractivity contribution in [1.82, 2.24) is 15.5 Å². The van der Waals surface area contributed by atoms with E-state index in [2.05, 4.69) is 27.8 Å². The number of hydrogen-bond acceptors (Lipinski definition) is 4. The number of nitrogens with zero attached hydrogens (tertiary/aromatic N) is 2. The third kappa shape index (κ3) is 6.44. The Kier molecular flexibility index (Phi) is 8.51. The number of ether oxygens (including phenoxy) is 1. The molecule has 30 heavy (non-hydrogen) atoms. The molecule has 0 aromatic heterocycles. The minimum absolute atomic E-state index is 0.0634. The number of guanidine groups is 1. The van der Waals surface area contributed by atoms with Gasteiger partial charge in [0, 0.05) is 44.3 Å². The molecule has 2 aliphatic rings. The first-order valence-corrected chi connectivity index (χ1v) is 11.3. The molecule has 166 valence electrons. The average molecular weight is 416 g/mol. The van der Waals surface area contributed by atoms with Crippen molar-refractivity contribution in [2.45, 2.75) is 58.0 Å². The summed E-state index contributed by atoms with van der Waals surface area (Å²) in [7, 11) is 0. The van der Waals surface area contributed by atoms with Crippen molar-refractivity contribution < 1.29 is 9.53 Å². The van der Waals surface area contributed by atoms with Crippen LogP contribution in [-0.2, 0) is 16.1 Å². The summed E-state index contributed by atoms with van der Waals surface area (Å²) in [5, 5.41) is 9.85. The van der Waals surface area contributed by atoms with Crippen LogP contribution < -0.4 is 16.0 Å². The number of hydrogen-bond donors (Lipinski definition) is 3. The van der Waals surface area contributed by atoms with E-state index in [-0.39, 0.29) is 11.4 Å². The predicted molar refractivity (Wildman–Crippen MR) is 122 cm³/mol. The minimum atomic E-state index is -0.0634. The summed E-state index contributed by atoms with van der Waals surface area (Å²) in [5.41, 5.74) is 2.07. The van der Waals surface area contributed by atoms with Gasteiger partial charge in [0.25, 0.3) is 0 Å². The lowest BCUT2D eigenvalue weighted by Gasteiger charge is -2.48. The van der Waals surface area contributed by atoms with Crippen LogP contribution in [0.3, 0.4) is 0 Å². The quantitative estimate of drug-likeness (QED) is 0.471.